The Morgan fingerprint density at radius 1 is 1.65 bits per heavy atom. The normalized spacial score (nSPS) is 25.9. The predicted molar refractivity (Wildman–Crippen MR) is 72.2 cm³/mol. The zero-order valence-electron chi connectivity index (χ0n) is 10.9. The first-order valence-corrected chi connectivity index (χ1v) is 6.94. The van der Waals surface area contributed by atoms with Gasteiger partial charge in [0, 0.05) is 30.6 Å². The molecule has 0 saturated carbocycles. The highest BCUT2D eigenvalue weighted by Crippen LogP contribution is 2.26. The van der Waals surface area contributed by atoms with E-state index in [9.17, 15) is 0 Å². The molecule has 4 nitrogen and oxygen atoms in total. The molecule has 2 rings (SSSR count). The van der Waals surface area contributed by atoms with Crippen LogP contribution in [-0.4, -0.2) is 54.1 Å². The van der Waals surface area contributed by atoms with Crippen molar-refractivity contribution in [2.24, 2.45) is 5.73 Å². The maximum Gasteiger partial charge on any atom is 0.0897 e. The fourth-order valence-electron chi connectivity index (χ4n) is 2.59. The number of hydrogen-bond acceptors (Lipinski definition) is 5. The van der Waals surface area contributed by atoms with Gasteiger partial charge in [-0.3, -0.25) is 4.90 Å². The van der Waals surface area contributed by atoms with E-state index in [-0.39, 0.29) is 5.54 Å². The van der Waals surface area contributed by atoms with Crippen LogP contribution >= 0.6 is 11.3 Å². The van der Waals surface area contributed by atoms with Gasteiger partial charge in [-0.25, -0.2) is 4.98 Å². The van der Waals surface area contributed by atoms with Crippen LogP contribution in [0.4, 0.5) is 0 Å². The number of nitrogens with two attached hydrogens (primary N) is 1. The van der Waals surface area contributed by atoms with Gasteiger partial charge in [-0.05, 0) is 34.0 Å². The third kappa shape index (κ3) is 2.68. The molecule has 5 heteroatoms. The first-order valence-electron chi connectivity index (χ1n) is 6.06. The van der Waals surface area contributed by atoms with Crippen LogP contribution in [0.5, 0.6) is 0 Å². The molecule has 1 aromatic heterocycles. The fourth-order valence-corrected chi connectivity index (χ4v) is 3.19. The SMILES string of the molecule is Cc1nc(CN(C)C2(CN)CCN(C)C2)cs1. The number of rotatable bonds is 4. The van der Waals surface area contributed by atoms with E-state index in [4.69, 9.17) is 5.73 Å². The molecule has 1 aliphatic rings. The molecule has 0 radical (unpaired) electrons. The number of aryl methyl sites for hydroxylation is 1. The average molecular weight is 254 g/mol. The summed E-state index contributed by atoms with van der Waals surface area (Å²) in [6.07, 6.45) is 1.15. The molecule has 0 aliphatic carbocycles. The zero-order chi connectivity index (χ0) is 12.5. The lowest BCUT2D eigenvalue weighted by Gasteiger charge is -2.37. The lowest BCUT2D eigenvalue weighted by Crippen LogP contribution is -2.53. The van der Waals surface area contributed by atoms with Crippen molar-refractivity contribution >= 4 is 11.3 Å². The topological polar surface area (TPSA) is 45.4 Å². The average Bonchev–Trinajstić information content (AvgIpc) is 2.86. The summed E-state index contributed by atoms with van der Waals surface area (Å²) in [4.78, 5) is 9.27. The Labute approximate surface area is 107 Å². The Hall–Kier alpha value is -0.490. The van der Waals surface area contributed by atoms with Gasteiger partial charge in [0.2, 0.25) is 0 Å². The van der Waals surface area contributed by atoms with E-state index in [1.807, 2.05) is 0 Å². The van der Waals surface area contributed by atoms with Crippen molar-refractivity contribution < 1.29 is 0 Å². The second-order valence-corrected chi connectivity index (χ2v) is 6.19. The van der Waals surface area contributed by atoms with Crippen LogP contribution in [0, 0.1) is 6.92 Å². The van der Waals surface area contributed by atoms with Gasteiger partial charge in [0.15, 0.2) is 0 Å². The Morgan fingerprint density at radius 3 is 2.88 bits per heavy atom. The van der Waals surface area contributed by atoms with Gasteiger partial charge in [0.1, 0.15) is 0 Å². The van der Waals surface area contributed by atoms with Crippen molar-refractivity contribution in [1.82, 2.24) is 14.8 Å². The molecule has 17 heavy (non-hydrogen) atoms. The second kappa shape index (κ2) is 5.02. The van der Waals surface area contributed by atoms with Crippen molar-refractivity contribution in [1.29, 1.82) is 0 Å². The van der Waals surface area contributed by atoms with E-state index >= 15 is 0 Å². The van der Waals surface area contributed by atoms with E-state index in [1.54, 1.807) is 11.3 Å². The molecule has 0 aromatic carbocycles. The molecule has 0 amide bonds. The Balaban J connectivity index is 2.05. The number of likely N-dealkylation sites (tertiary alicyclic amines) is 1. The number of nitrogens with zero attached hydrogens (tertiary/aromatic N) is 3. The third-order valence-corrected chi connectivity index (χ3v) is 4.60. The van der Waals surface area contributed by atoms with E-state index in [1.165, 1.54) is 0 Å². The maximum atomic E-state index is 6.00. The smallest absolute Gasteiger partial charge is 0.0897 e. The summed E-state index contributed by atoms with van der Waals surface area (Å²) in [5.41, 5.74) is 7.30. The largest absolute Gasteiger partial charge is 0.329 e. The van der Waals surface area contributed by atoms with Crippen molar-refractivity contribution in [3.8, 4) is 0 Å². The van der Waals surface area contributed by atoms with Crippen molar-refractivity contribution in [3.63, 3.8) is 0 Å². The lowest BCUT2D eigenvalue weighted by molar-refractivity contribution is 0.124. The molecule has 2 heterocycles. The van der Waals surface area contributed by atoms with Crippen LogP contribution in [0.1, 0.15) is 17.1 Å². The highest BCUT2D eigenvalue weighted by molar-refractivity contribution is 7.09. The van der Waals surface area contributed by atoms with Crippen molar-refractivity contribution in [3.05, 3.63) is 16.1 Å². The van der Waals surface area contributed by atoms with Gasteiger partial charge in [-0.2, -0.15) is 0 Å². The summed E-state index contributed by atoms with van der Waals surface area (Å²) in [5.74, 6) is 0. The molecular weight excluding hydrogens is 232 g/mol. The van der Waals surface area contributed by atoms with Crippen LogP contribution in [-0.2, 0) is 6.54 Å². The van der Waals surface area contributed by atoms with Crippen LogP contribution < -0.4 is 5.73 Å². The molecule has 0 bridgehead atoms. The first-order chi connectivity index (χ1) is 8.05. The number of thiazole rings is 1. The number of aromatic nitrogens is 1. The summed E-state index contributed by atoms with van der Waals surface area (Å²) in [6.45, 7) is 5.86. The van der Waals surface area contributed by atoms with Gasteiger partial charge in [0.05, 0.1) is 10.7 Å². The number of likely N-dealkylation sites (N-methyl/N-ethyl adjacent to an activating group) is 2. The zero-order valence-corrected chi connectivity index (χ0v) is 11.8. The molecule has 1 aromatic rings. The van der Waals surface area contributed by atoms with Crippen LogP contribution in [0.15, 0.2) is 5.38 Å². The molecule has 1 aliphatic heterocycles. The summed E-state index contributed by atoms with van der Waals surface area (Å²) >= 11 is 1.72. The van der Waals surface area contributed by atoms with Crippen molar-refractivity contribution in [2.75, 3.05) is 33.7 Å². The molecule has 1 fully saturated rings. The van der Waals surface area contributed by atoms with Gasteiger partial charge < -0.3 is 10.6 Å². The fraction of sp³-hybridized carbons (Fsp3) is 0.750. The summed E-state index contributed by atoms with van der Waals surface area (Å²) in [5, 5.41) is 3.29. The van der Waals surface area contributed by atoms with Gasteiger partial charge >= 0.3 is 0 Å². The summed E-state index contributed by atoms with van der Waals surface area (Å²) in [6, 6.07) is 0. The molecular formula is C12H22N4S. The Bertz CT molecular complexity index is 378. The summed E-state index contributed by atoms with van der Waals surface area (Å²) < 4.78 is 0. The minimum absolute atomic E-state index is 0.131. The standard InChI is InChI=1S/C12H22N4S/c1-10-14-11(7-17-10)6-16(3)12(8-13)4-5-15(2)9-12/h7H,4-6,8-9,13H2,1-3H3. The first kappa shape index (κ1) is 13.0. The van der Waals surface area contributed by atoms with Crippen molar-refractivity contribution in [2.45, 2.75) is 25.4 Å². The molecule has 2 N–H and O–H groups in total. The molecule has 0 spiro atoms. The predicted octanol–water partition coefficient (Wildman–Crippen LogP) is 0.916. The molecule has 96 valence electrons. The maximum absolute atomic E-state index is 6.00. The minimum Gasteiger partial charge on any atom is -0.329 e. The second-order valence-electron chi connectivity index (χ2n) is 5.13. The minimum atomic E-state index is 0.131. The van der Waals surface area contributed by atoms with E-state index in [0.29, 0.717) is 0 Å². The lowest BCUT2D eigenvalue weighted by atomic mass is 9.96. The molecule has 1 saturated heterocycles. The monoisotopic (exact) mass is 254 g/mol. The quantitative estimate of drug-likeness (QED) is 0.868. The molecule has 1 unspecified atom stereocenters. The van der Waals surface area contributed by atoms with E-state index in [0.717, 1.165) is 43.3 Å². The number of hydrogen-bond donors (Lipinski definition) is 1. The van der Waals surface area contributed by atoms with Crippen LogP contribution in [0.3, 0.4) is 0 Å². The third-order valence-electron chi connectivity index (χ3n) is 3.78. The van der Waals surface area contributed by atoms with Gasteiger partial charge in [-0.1, -0.05) is 0 Å². The van der Waals surface area contributed by atoms with E-state index < -0.39 is 0 Å². The van der Waals surface area contributed by atoms with E-state index in [2.05, 4.69) is 41.2 Å². The highest BCUT2D eigenvalue weighted by Gasteiger charge is 2.39. The van der Waals surface area contributed by atoms with Crippen LogP contribution in [0.25, 0.3) is 0 Å². The summed E-state index contributed by atoms with van der Waals surface area (Å²) in [7, 11) is 4.33. The van der Waals surface area contributed by atoms with Gasteiger partial charge in [0.25, 0.3) is 0 Å². The Kier molecular flexibility index (Phi) is 3.82. The van der Waals surface area contributed by atoms with Gasteiger partial charge in [-0.15, -0.1) is 11.3 Å². The highest BCUT2D eigenvalue weighted by atomic mass is 32.1. The van der Waals surface area contributed by atoms with Crippen LogP contribution in [0.2, 0.25) is 0 Å². The molecule has 1 atom stereocenters. The Morgan fingerprint density at radius 2 is 2.41 bits per heavy atom.